The van der Waals surface area contributed by atoms with Crippen LogP contribution in [0.5, 0.6) is 11.5 Å². The smallest absolute Gasteiger partial charge is 0.264 e. The summed E-state index contributed by atoms with van der Waals surface area (Å²) in [5, 5.41) is 3.49. The lowest BCUT2D eigenvalue weighted by molar-refractivity contribution is -0.140. The highest BCUT2D eigenvalue weighted by Crippen LogP contribution is 2.36. The number of hydrogen-bond donors (Lipinski definition) is 1. The van der Waals surface area contributed by atoms with E-state index in [0.717, 1.165) is 9.87 Å². The second-order valence-corrected chi connectivity index (χ2v) is 12.1. The number of anilines is 1. The van der Waals surface area contributed by atoms with E-state index in [1.54, 1.807) is 56.3 Å². The van der Waals surface area contributed by atoms with E-state index in [0.29, 0.717) is 27.9 Å². The number of methoxy groups -OCH3 is 2. The number of rotatable bonds is 13. The topological polar surface area (TPSA) is 105 Å². The van der Waals surface area contributed by atoms with Crippen LogP contribution in [-0.2, 0) is 26.2 Å². The SMILES string of the molecule is CCNC(=O)[C@H](CC)N(Cc1ccc(Cl)cc1Cl)C(=O)CN(c1cc(OC)ccc1OC)S(=O)(=O)c1ccc(C)cc1. The first-order valence-corrected chi connectivity index (χ1v) is 15.5. The molecule has 0 heterocycles. The van der Waals surface area contributed by atoms with Crippen LogP contribution in [0.2, 0.25) is 10.0 Å². The Kier molecular flexibility index (Phi) is 11.5. The summed E-state index contributed by atoms with van der Waals surface area (Å²) in [4.78, 5) is 28.6. The van der Waals surface area contributed by atoms with Crippen molar-refractivity contribution < 1.29 is 27.5 Å². The summed E-state index contributed by atoms with van der Waals surface area (Å²) in [6.07, 6.45) is 0.274. The molecule has 1 atom stereocenters. The fourth-order valence-electron chi connectivity index (χ4n) is 4.39. The molecule has 42 heavy (non-hydrogen) atoms. The Morgan fingerprint density at radius 3 is 2.21 bits per heavy atom. The highest BCUT2D eigenvalue weighted by atomic mass is 35.5. The van der Waals surface area contributed by atoms with Gasteiger partial charge in [-0.1, -0.05) is 53.9 Å². The Balaban J connectivity index is 2.17. The quantitative estimate of drug-likeness (QED) is 0.267. The normalized spacial score (nSPS) is 11.9. The molecule has 1 N–H and O–H groups in total. The number of carbonyl (C=O) groups is 2. The van der Waals surface area contributed by atoms with Crippen molar-refractivity contribution in [3.8, 4) is 11.5 Å². The Bertz CT molecular complexity index is 1520. The van der Waals surface area contributed by atoms with Crippen LogP contribution in [0.15, 0.2) is 65.6 Å². The molecule has 0 radical (unpaired) electrons. The molecule has 0 fully saturated rings. The minimum atomic E-state index is -4.30. The summed E-state index contributed by atoms with van der Waals surface area (Å²) < 4.78 is 40.1. The molecular weight excluding hydrogens is 601 g/mol. The van der Waals surface area contributed by atoms with Crippen molar-refractivity contribution in [3.05, 3.63) is 81.8 Å². The largest absolute Gasteiger partial charge is 0.497 e. The molecule has 3 aromatic rings. The maximum Gasteiger partial charge on any atom is 0.264 e. The van der Waals surface area contributed by atoms with E-state index in [1.165, 1.54) is 37.3 Å². The van der Waals surface area contributed by atoms with Gasteiger partial charge in [0, 0.05) is 29.2 Å². The van der Waals surface area contributed by atoms with E-state index < -0.39 is 28.5 Å². The molecule has 2 amide bonds. The first kappa shape index (κ1) is 33.0. The van der Waals surface area contributed by atoms with Gasteiger partial charge < -0.3 is 19.7 Å². The molecule has 9 nitrogen and oxygen atoms in total. The molecule has 0 saturated carbocycles. The highest BCUT2D eigenvalue weighted by molar-refractivity contribution is 7.92. The zero-order valence-corrected chi connectivity index (χ0v) is 26.5. The first-order chi connectivity index (χ1) is 20.0. The van der Waals surface area contributed by atoms with Crippen LogP contribution in [0.25, 0.3) is 0 Å². The molecule has 0 aromatic heterocycles. The van der Waals surface area contributed by atoms with Crippen LogP contribution in [0.4, 0.5) is 5.69 Å². The Labute approximate surface area is 257 Å². The van der Waals surface area contributed by atoms with Gasteiger partial charge in [0.1, 0.15) is 24.1 Å². The lowest BCUT2D eigenvalue weighted by atomic mass is 10.1. The zero-order chi connectivity index (χ0) is 31.0. The predicted molar refractivity (Wildman–Crippen MR) is 165 cm³/mol. The molecule has 12 heteroatoms. The van der Waals surface area contributed by atoms with Gasteiger partial charge in [0.2, 0.25) is 11.8 Å². The monoisotopic (exact) mass is 635 g/mol. The number of aryl methyl sites for hydroxylation is 1. The molecule has 3 rings (SSSR count). The minimum absolute atomic E-state index is 0.0196. The minimum Gasteiger partial charge on any atom is -0.497 e. The Morgan fingerprint density at radius 2 is 1.64 bits per heavy atom. The van der Waals surface area contributed by atoms with Crippen molar-refractivity contribution in [2.45, 2.75) is 44.7 Å². The molecule has 0 aliphatic heterocycles. The van der Waals surface area contributed by atoms with E-state index in [4.69, 9.17) is 32.7 Å². The van der Waals surface area contributed by atoms with Crippen LogP contribution in [0, 0.1) is 6.92 Å². The summed E-state index contributed by atoms with van der Waals surface area (Å²) in [5.74, 6) is -0.423. The molecular formula is C30H35Cl2N3O6S. The molecule has 0 spiro atoms. The maximum absolute atomic E-state index is 14.2. The second-order valence-electron chi connectivity index (χ2n) is 9.44. The van der Waals surface area contributed by atoms with Crippen LogP contribution < -0.4 is 19.1 Å². The third kappa shape index (κ3) is 7.67. The third-order valence-electron chi connectivity index (χ3n) is 6.64. The number of sulfonamides is 1. The van der Waals surface area contributed by atoms with E-state index in [2.05, 4.69) is 5.32 Å². The number of benzene rings is 3. The average molecular weight is 637 g/mol. The van der Waals surface area contributed by atoms with Gasteiger partial charge in [0.25, 0.3) is 10.0 Å². The summed E-state index contributed by atoms with van der Waals surface area (Å²) >= 11 is 12.5. The first-order valence-electron chi connectivity index (χ1n) is 13.3. The van der Waals surface area contributed by atoms with Crippen molar-refractivity contribution >= 4 is 50.7 Å². The van der Waals surface area contributed by atoms with Gasteiger partial charge in [-0.2, -0.15) is 0 Å². The number of nitrogens with one attached hydrogen (secondary N) is 1. The fourth-order valence-corrected chi connectivity index (χ4v) is 6.27. The molecule has 0 saturated heterocycles. The second kappa shape index (κ2) is 14.6. The van der Waals surface area contributed by atoms with Crippen molar-refractivity contribution in [2.24, 2.45) is 0 Å². The third-order valence-corrected chi connectivity index (χ3v) is 9.00. The average Bonchev–Trinajstić information content (AvgIpc) is 2.96. The van der Waals surface area contributed by atoms with Crippen molar-refractivity contribution in [1.29, 1.82) is 0 Å². The number of likely N-dealkylation sites (N-methyl/N-ethyl adjacent to an activating group) is 1. The molecule has 0 aliphatic carbocycles. The number of nitrogens with zero attached hydrogens (tertiary/aromatic N) is 2. The van der Waals surface area contributed by atoms with E-state index in [1.807, 2.05) is 6.92 Å². The summed E-state index contributed by atoms with van der Waals surface area (Å²) in [5.41, 5.74) is 1.51. The highest BCUT2D eigenvalue weighted by Gasteiger charge is 2.35. The van der Waals surface area contributed by atoms with Crippen LogP contribution in [0.3, 0.4) is 0 Å². The van der Waals surface area contributed by atoms with Gasteiger partial charge in [-0.15, -0.1) is 0 Å². The van der Waals surface area contributed by atoms with Gasteiger partial charge >= 0.3 is 0 Å². The standard InChI is InChI=1S/C30H35Cl2N3O6S/c1-6-26(30(37)33-7-2)34(18-21-10-11-22(31)16-25(21)32)29(36)19-35(27-17-23(40-4)12-15-28(27)41-5)42(38,39)24-13-8-20(3)9-14-24/h8-17,26H,6-7,18-19H2,1-5H3,(H,33,37)/t26-/m0/s1. The zero-order valence-electron chi connectivity index (χ0n) is 24.2. The van der Waals surface area contributed by atoms with E-state index >= 15 is 0 Å². The van der Waals surface area contributed by atoms with Crippen LogP contribution in [0.1, 0.15) is 31.4 Å². The van der Waals surface area contributed by atoms with Crippen molar-refractivity contribution in [1.82, 2.24) is 10.2 Å². The number of ether oxygens (including phenoxy) is 2. The Hall–Kier alpha value is -3.47. The van der Waals surface area contributed by atoms with Gasteiger partial charge in [-0.3, -0.25) is 13.9 Å². The van der Waals surface area contributed by atoms with Gasteiger partial charge in [-0.05, 0) is 62.2 Å². The Morgan fingerprint density at radius 1 is 0.952 bits per heavy atom. The van der Waals surface area contributed by atoms with Gasteiger partial charge in [0.05, 0.1) is 24.8 Å². The van der Waals surface area contributed by atoms with Crippen molar-refractivity contribution in [2.75, 3.05) is 31.6 Å². The van der Waals surface area contributed by atoms with E-state index in [-0.39, 0.29) is 35.2 Å². The molecule has 0 bridgehead atoms. The molecule has 0 unspecified atom stereocenters. The molecule has 0 aliphatic rings. The number of hydrogen-bond acceptors (Lipinski definition) is 6. The number of halogens is 2. The summed E-state index contributed by atoms with van der Waals surface area (Å²) in [6.45, 7) is 5.05. The molecule has 226 valence electrons. The lowest BCUT2D eigenvalue weighted by Gasteiger charge is -2.33. The van der Waals surface area contributed by atoms with Gasteiger partial charge in [-0.25, -0.2) is 8.42 Å². The van der Waals surface area contributed by atoms with E-state index in [9.17, 15) is 18.0 Å². The summed E-state index contributed by atoms with van der Waals surface area (Å²) in [6, 6.07) is 14.9. The summed E-state index contributed by atoms with van der Waals surface area (Å²) in [7, 11) is -1.45. The van der Waals surface area contributed by atoms with Gasteiger partial charge in [0.15, 0.2) is 0 Å². The lowest BCUT2D eigenvalue weighted by Crippen LogP contribution is -2.52. The molecule has 3 aromatic carbocycles. The predicted octanol–water partition coefficient (Wildman–Crippen LogP) is 5.46. The number of carbonyl (C=O) groups excluding carboxylic acids is 2. The fraction of sp³-hybridized carbons (Fsp3) is 0.333. The van der Waals surface area contributed by atoms with Crippen LogP contribution in [-0.4, -0.2) is 58.5 Å². The number of amides is 2. The van der Waals surface area contributed by atoms with Crippen molar-refractivity contribution in [3.63, 3.8) is 0 Å². The maximum atomic E-state index is 14.2. The van der Waals surface area contributed by atoms with Crippen LogP contribution >= 0.6 is 23.2 Å².